The summed E-state index contributed by atoms with van der Waals surface area (Å²) in [4.78, 5) is 14.7. The molecule has 3 rings (SSSR count). The topological polar surface area (TPSA) is 38.8 Å². The van der Waals surface area contributed by atoms with Crippen molar-refractivity contribution in [3.63, 3.8) is 0 Å². The molecule has 0 aliphatic carbocycles. The van der Waals surface area contributed by atoms with Crippen LogP contribution in [0.1, 0.15) is 11.1 Å². The first kappa shape index (κ1) is 21.6. The van der Waals surface area contributed by atoms with Crippen LogP contribution in [0.15, 0.2) is 64.5 Å². The molecule has 7 heteroatoms. The quantitative estimate of drug-likeness (QED) is 0.208. The van der Waals surface area contributed by atoms with Crippen molar-refractivity contribution in [2.75, 3.05) is 19.8 Å². The van der Waals surface area contributed by atoms with Gasteiger partial charge in [0.15, 0.2) is 0 Å². The average Bonchev–Trinajstić information content (AvgIpc) is 2.96. The number of aryl methyl sites for hydroxylation is 1. The van der Waals surface area contributed by atoms with Crippen molar-refractivity contribution in [1.82, 2.24) is 4.90 Å². The highest BCUT2D eigenvalue weighted by atomic mass is 79.9. The Balaban J connectivity index is 1.68. The van der Waals surface area contributed by atoms with Gasteiger partial charge < -0.3 is 9.47 Å². The number of carbonyl (C=O) groups is 1. The summed E-state index contributed by atoms with van der Waals surface area (Å²) in [5, 5.41) is 0. The van der Waals surface area contributed by atoms with Crippen molar-refractivity contribution in [3.8, 4) is 11.5 Å². The molecule has 1 aliphatic rings. The van der Waals surface area contributed by atoms with Crippen LogP contribution in [0.3, 0.4) is 0 Å². The van der Waals surface area contributed by atoms with E-state index >= 15 is 0 Å². The Labute approximate surface area is 188 Å². The molecule has 0 saturated carbocycles. The zero-order chi connectivity index (χ0) is 20.8. The van der Waals surface area contributed by atoms with Crippen LogP contribution in [0.5, 0.6) is 11.5 Å². The molecule has 0 radical (unpaired) electrons. The third-order valence-electron chi connectivity index (χ3n) is 4.07. The van der Waals surface area contributed by atoms with Crippen LogP contribution in [0.25, 0.3) is 6.08 Å². The van der Waals surface area contributed by atoms with Crippen LogP contribution < -0.4 is 9.47 Å². The highest BCUT2D eigenvalue weighted by Gasteiger charge is 2.31. The summed E-state index contributed by atoms with van der Waals surface area (Å²) in [6.07, 6.45) is 3.47. The predicted octanol–water partition coefficient (Wildman–Crippen LogP) is 5.60. The number of benzene rings is 2. The minimum absolute atomic E-state index is 0.117. The minimum Gasteiger partial charge on any atom is -0.490 e. The fourth-order valence-electron chi connectivity index (χ4n) is 2.64. The fourth-order valence-corrected chi connectivity index (χ4v) is 4.28. The Morgan fingerprint density at radius 3 is 2.62 bits per heavy atom. The maximum absolute atomic E-state index is 12.6. The zero-order valence-corrected chi connectivity index (χ0v) is 19.1. The van der Waals surface area contributed by atoms with Gasteiger partial charge in [-0.15, -0.1) is 6.58 Å². The van der Waals surface area contributed by atoms with E-state index in [1.54, 1.807) is 6.08 Å². The number of halogens is 1. The van der Waals surface area contributed by atoms with Crippen LogP contribution >= 0.6 is 39.9 Å². The molecule has 1 fully saturated rings. The standard InChI is InChI=1S/C22H20BrNO3S2/c1-3-10-24-21(25)20(29-22(24)28)14-16-13-17(23)6-9-19(16)27-12-11-26-18-7-4-15(2)5-8-18/h3-9,13-14H,1,10-12H2,2H3. The summed E-state index contributed by atoms with van der Waals surface area (Å²) in [5.74, 6) is 1.37. The van der Waals surface area contributed by atoms with Crippen molar-refractivity contribution in [3.05, 3.63) is 75.6 Å². The van der Waals surface area contributed by atoms with E-state index in [9.17, 15) is 4.79 Å². The van der Waals surface area contributed by atoms with Crippen LogP contribution in [0.4, 0.5) is 0 Å². The maximum Gasteiger partial charge on any atom is 0.266 e. The summed E-state index contributed by atoms with van der Waals surface area (Å²) < 4.78 is 13.1. The van der Waals surface area contributed by atoms with Crippen molar-refractivity contribution >= 4 is 56.2 Å². The van der Waals surface area contributed by atoms with Gasteiger partial charge in [-0.25, -0.2) is 0 Å². The molecule has 29 heavy (non-hydrogen) atoms. The molecular formula is C22H20BrNO3S2. The average molecular weight is 490 g/mol. The first-order valence-corrected chi connectivity index (χ1v) is 11.0. The number of nitrogens with zero attached hydrogens (tertiary/aromatic N) is 1. The molecule has 1 heterocycles. The molecule has 4 nitrogen and oxygen atoms in total. The molecule has 1 saturated heterocycles. The van der Waals surface area contributed by atoms with E-state index in [0.717, 1.165) is 15.8 Å². The van der Waals surface area contributed by atoms with Crippen molar-refractivity contribution < 1.29 is 14.3 Å². The number of amides is 1. The van der Waals surface area contributed by atoms with Gasteiger partial charge in [-0.2, -0.15) is 0 Å². The SMILES string of the molecule is C=CCN1C(=O)C(=Cc2cc(Br)ccc2OCCOc2ccc(C)cc2)SC1=S. The number of thiocarbonyl (C=S) groups is 1. The van der Waals surface area contributed by atoms with Gasteiger partial charge in [0.2, 0.25) is 0 Å². The molecule has 1 aliphatic heterocycles. The molecule has 0 spiro atoms. The van der Waals surface area contributed by atoms with Crippen LogP contribution in [-0.2, 0) is 4.79 Å². The van der Waals surface area contributed by atoms with Crippen LogP contribution in [0, 0.1) is 6.92 Å². The Hall–Kier alpha value is -2.09. The summed E-state index contributed by atoms with van der Waals surface area (Å²) in [6, 6.07) is 13.6. The van der Waals surface area contributed by atoms with Gasteiger partial charge in [0, 0.05) is 16.6 Å². The van der Waals surface area contributed by atoms with Gasteiger partial charge in [-0.05, 0) is 43.3 Å². The minimum atomic E-state index is -0.117. The van der Waals surface area contributed by atoms with E-state index in [2.05, 4.69) is 22.5 Å². The summed E-state index contributed by atoms with van der Waals surface area (Å²) in [7, 11) is 0. The molecular weight excluding hydrogens is 470 g/mol. The number of ether oxygens (including phenoxy) is 2. The molecule has 2 aromatic rings. The van der Waals surface area contributed by atoms with Gasteiger partial charge in [0.05, 0.1) is 4.91 Å². The molecule has 0 bridgehead atoms. The van der Waals surface area contributed by atoms with Crippen molar-refractivity contribution in [2.45, 2.75) is 6.92 Å². The maximum atomic E-state index is 12.6. The molecule has 0 atom stereocenters. The van der Waals surface area contributed by atoms with Crippen LogP contribution in [-0.4, -0.2) is 34.9 Å². The van der Waals surface area contributed by atoms with Crippen molar-refractivity contribution in [1.29, 1.82) is 0 Å². The highest BCUT2D eigenvalue weighted by molar-refractivity contribution is 9.10. The first-order chi connectivity index (χ1) is 14.0. The van der Waals surface area contributed by atoms with Crippen molar-refractivity contribution in [2.24, 2.45) is 0 Å². The lowest BCUT2D eigenvalue weighted by Gasteiger charge is -2.12. The van der Waals surface area contributed by atoms with Gasteiger partial charge in [0.25, 0.3) is 5.91 Å². The summed E-state index contributed by atoms with van der Waals surface area (Å²) >= 11 is 10.1. The van der Waals surface area contributed by atoms with E-state index in [1.165, 1.54) is 22.2 Å². The van der Waals surface area contributed by atoms with Gasteiger partial charge >= 0.3 is 0 Å². The second kappa shape index (κ2) is 10.1. The lowest BCUT2D eigenvalue weighted by atomic mass is 10.2. The van der Waals surface area contributed by atoms with E-state index in [4.69, 9.17) is 21.7 Å². The van der Waals surface area contributed by atoms with E-state index < -0.39 is 0 Å². The monoisotopic (exact) mass is 489 g/mol. The Morgan fingerprint density at radius 1 is 1.17 bits per heavy atom. The second-order valence-electron chi connectivity index (χ2n) is 6.27. The van der Waals surface area contributed by atoms with Crippen LogP contribution in [0.2, 0.25) is 0 Å². The van der Waals surface area contributed by atoms with Gasteiger partial charge in [-0.1, -0.05) is 63.7 Å². The highest BCUT2D eigenvalue weighted by Crippen LogP contribution is 2.35. The molecule has 0 aromatic heterocycles. The lowest BCUT2D eigenvalue weighted by molar-refractivity contribution is -0.121. The van der Waals surface area contributed by atoms with E-state index in [-0.39, 0.29) is 5.91 Å². The fraction of sp³-hybridized carbons (Fsp3) is 0.182. The second-order valence-corrected chi connectivity index (χ2v) is 8.86. The normalized spacial score (nSPS) is 15.1. The summed E-state index contributed by atoms with van der Waals surface area (Å²) in [5.41, 5.74) is 1.99. The largest absolute Gasteiger partial charge is 0.490 e. The Bertz CT molecular complexity index is 957. The first-order valence-electron chi connectivity index (χ1n) is 8.96. The molecule has 0 N–H and O–H groups in total. The summed E-state index contributed by atoms with van der Waals surface area (Å²) in [6.45, 7) is 6.91. The number of carbonyl (C=O) groups excluding carboxylic acids is 1. The third kappa shape index (κ3) is 5.72. The Kier molecular flexibility index (Phi) is 7.52. The van der Waals surface area contributed by atoms with E-state index in [1.807, 2.05) is 55.5 Å². The predicted molar refractivity (Wildman–Crippen MR) is 126 cm³/mol. The Morgan fingerprint density at radius 2 is 1.90 bits per heavy atom. The van der Waals surface area contributed by atoms with E-state index in [0.29, 0.717) is 34.7 Å². The number of rotatable bonds is 8. The lowest BCUT2D eigenvalue weighted by Crippen LogP contribution is -2.27. The smallest absolute Gasteiger partial charge is 0.266 e. The molecule has 150 valence electrons. The number of hydrogen-bond donors (Lipinski definition) is 0. The molecule has 0 unspecified atom stereocenters. The zero-order valence-electron chi connectivity index (χ0n) is 15.9. The van der Waals surface area contributed by atoms with Gasteiger partial charge in [-0.3, -0.25) is 9.69 Å². The number of hydrogen-bond acceptors (Lipinski definition) is 5. The molecule has 1 amide bonds. The number of thioether (sulfide) groups is 1. The third-order valence-corrected chi connectivity index (χ3v) is 5.95. The van der Waals surface area contributed by atoms with Gasteiger partial charge in [0.1, 0.15) is 29.0 Å². The molecule has 2 aromatic carbocycles.